The van der Waals surface area contributed by atoms with Crippen LogP contribution in [0.25, 0.3) is 6.08 Å². The molecule has 0 aliphatic carbocycles. The first-order valence-corrected chi connectivity index (χ1v) is 14.4. The Labute approximate surface area is 251 Å². The van der Waals surface area contributed by atoms with Crippen LogP contribution in [-0.2, 0) is 23.9 Å². The van der Waals surface area contributed by atoms with E-state index in [0.29, 0.717) is 17.8 Å². The van der Waals surface area contributed by atoms with Crippen LogP contribution in [0.1, 0.15) is 41.8 Å². The highest BCUT2D eigenvalue weighted by Crippen LogP contribution is 2.42. The number of anilines is 1. The molecule has 2 fully saturated rings. The summed E-state index contributed by atoms with van der Waals surface area (Å²) in [6.45, 7) is 2.15. The summed E-state index contributed by atoms with van der Waals surface area (Å²) in [6.07, 6.45) is 0.680. The number of hydrogen-bond donors (Lipinski definition) is 1. The van der Waals surface area contributed by atoms with Gasteiger partial charge in [-0.15, -0.1) is 0 Å². The van der Waals surface area contributed by atoms with Crippen LogP contribution in [0.3, 0.4) is 0 Å². The van der Waals surface area contributed by atoms with Crippen molar-refractivity contribution in [3.8, 4) is 12.1 Å². The number of nitrogens with one attached hydrogen (secondary N) is 1. The average molecular weight is 623 g/mol. The first-order chi connectivity index (χ1) is 20.5. The first kappa shape index (κ1) is 30.9. The van der Waals surface area contributed by atoms with Crippen molar-refractivity contribution in [2.45, 2.75) is 50.5 Å². The van der Waals surface area contributed by atoms with E-state index in [4.69, 9.17) is 21.6 Å². The van der Waals surface area contributed by atoms with Crippen LogP contribution in [0.15, 0.2) is 18.2 Å². The number of ether oxygens (including phenoxy) is 1. The Morgan fingerprint density at radius 2 is 2.09 bits per heavy atom. The number of aromatic nitrogens is 3. The highest BCUT2D eigenvalue weighted by atomic mass is 35.5. The number of piperazine rings is 1. The number of carbonyl (C=O) groups is 1. The van der Waals surface area contributed by atoms with E-state index in [1.165, 1.54) is 9.80 Å². The number of carbonyl (C=O) groups excluding carboxylic acids is 1. The molecule has 5 heterocycles. The molecule has 15 heteroatoms. The predicted molar refractivity (Wildman–Crippen MR) is 150 cm³/mol. The zero-order valence-electron chi connectivity index (χ0n) is 23.5. The number of hydrogen-bond acceptors (Lipinski definition) is 9. The Bertz CT molecular complexity index is 1430. The molecule has 230 valence electrons. The smallest absolute Gasteiger partial charge is 0.419 e. The van der Waals surface area contributed by atoms with Crippen molar-refractivity contribution in [1.82, 2.24) is 30.1 Å². The number of likely N-dealkylation sites (tertiary alicyclic amines) is 1. The van der Waals surface area contributed by atoms with E-state index in [-0.39, 0.29) is 75.1 Å². The SMILES string of the molecule is CN1CCC[C@H]1COc1nc(C=C(F)C(=O)N2CCN[C@@H](CC#N)C2)c2c(n1)CN(c1cncc(Cl)c1C(F)(F)F)CC2. The highest BCUT2D eigenvalue weighted by molar-refractivity contribution is 6.31. The van der Waals surface area contributed by atoms with Gasteiger partial charge < -0.3 is 24.8 Å². The standard InChI is InChI=1S/C28H31ClF4N8O2/c1-39-8-2-3-18(39)16-43-27-37-22(11-21(30)26(42)41-10-7-36-17(14-41)4-6-34)19-5-9-40(15-23(19)38-27)24-13-35-12-20(29)25(24)28(31,32)33/h11-13,17-18,36H,2-5,7-10,14-16H2,1H3/t17-,18-/m0/s1. The molecular weight excluding hydrogens is 592 g/mol. The van der Waals surface area contributed by atoms with Crippen LogP contribution in [0.4, 0.5) is 23.2 Å². The normalized spacial score (nSPS) is 21.5. The molecule has 2 atom stereocenters. The topological polar surface area (TPSA) is 111 Å². The van der Waals surface area contributed by atoms with Gasteiger partial charge >= 0.3 is 12.2 Å². The average Bonchev–Trinajstić information content (AvgIpc) is 3.39. The Morgan fingerprint density at radius 3 is 2.81 bits per heavy atom. The van der Waals surface area contributed by atoms with Crippen molar-refractivity contribution < 1.29 is 27.1 Å². The van der Waals surface area contributed by atoms with Gasteiger partial charge in [-0.25, -0.2) is 4.39 Å². The fourth-order valence-electron chi connectivity index (χ4n) is 5.72. The van der Waals surface area contributed by atoms with Gasteiger partial charge in [-0.3, -0.25) is 9.78 Å². The zero-order valence-corrected chi connectivity index (χ0v) is 24.3. The van der Waals surface area contributed by atoms with E-state index < -0.39 is 28.5 Å². The lowest BCUT2D eigenvalue weighted by Gasteiger charge is -2.33. The summed E-state index contributed by atoms with van der Waals surface area (Å²) in [5.41, 5.74) is -0.190. The van der Waals surface area contributed by atoms with Gasteiger partial charge in [0.15, 0.2) is 5.83 Å². The highest BCUT2D eigenvalue weighted by Gasteiger charge is 2.39. The van der Waals surface area contributed by atoms with Crippen molar-refractivity contribution >= 4 is 29.3 Å². The number of nitrogens with zero attached hydrogens (tertiary/aromatic N) is 7. The second kappa shape index (κ2) is 13.0. The van der Waals surface area contributed by atoms with Crippen molar-refractivity contribution in [3.63, 3.8) is 0 Å². The zero-order chi connectivity index (χ0) is 30.7. The summed E-state index contributed by atoms with van der Waals surface area (Å²) in [5, 5.41) is 11.6. The summed E-state index contributed by atoms with van der Waals surface area (Å²) in [5.74, 6) is -1.87. The van der Waals surface area contributed by atoms with Gasteiger partial charge in [0.1, 0.15) is 12.2 Å². The fourth-order valence-corrected chi connectivity index (χ4v) is 5.98. The Balaban J connectivity index is 1.46. The van der Waals surface area contributed by atoms with Gasteiger partial charge in [0.2, 0.25) is 0 Å². The van der Waals surface area contributed by atoms with E-state index in [1.54, 1.807) is 0 Å². The van der Waals surface area contributed by atoms with Gasteiger partial charge in [0.25, 0.3) is 5.91 Å². The van der Waals surface area contributed by atoms with Gasteiger partial charge in [0.05, 0.1) is 47.3 Å². The van der Waals surface area contributed by atoms with Crippen LogP contribution in [-0.4, -0.2) is 89.1 Å². The number of amides is 1. The second-order valence-electron chi connectivity index (χ2n) is 10.8. The molecule has 3 aliphatic rings. The molecule has 2 aromatic rings. The maximum atomic E-state index is 15.5. The maximum Gasteiger partial charge on any atom is 0.419 e. The summed E-state index contributed by atoms with van der Waals surface area (Å²) >= 11 is 5.91. The molecule has 10 nitrogen and oxygen atoms in total. The van der Waals surface area contributed by atoms with Gasteiger partial charge in [-0.2, -0.15) is 28.4 Å². The van der Waals surface area contributed by atoms with Gasteiger partial charge in [0, 0.05) is 56.1 Å². The summed E-state index contributed by atoms with van der Waals surface area (Å²) < 4.78 is 63.1. The second-order valence-corrected chi connectivity index (χ2v) is 11.3. The van der Waals surface area contributed by atoms with E-state index in [1.807, 2.05) is 7.05 Å². The number of pyridine rings is 1. The lowest BCUT2D eigenvalue weighted by Crippen LogP contribution is -2.52. The van der Waals surface area contributed by atoms with E-state index >= 15 is 4.39 Å². The first-order valence-electron chi connectivity index (χ1n) is 14.0. The van der Waals surface area contributed by atoms with Crippen molar-refractivity contribution in [1.29, 1.82) is 5.26 Å². The number of rotatable bonds is 7. The van der Waals surface area contributed by atoms with Gasteiger partial charge in [-0.05, 0) is 32.9 Å². The van der Waals surface area contributed by atoms with Crippen LogP contribution < -0.4 is 15.0 Å². The third kappa shape index (κ3) is 7.00. The largest absolute Gasteiger partial charge is 0.462 e. The summed E-state index contributed by atoms with van der Waals surface area (Å²) in [7, 11) is 1.98. The van der Waals surface area contributed by atoms with Gasteiger partial charge in [-0.1, -0.05) is 11.6 Å². The minimum Gasteiger partial charge on any atom is -0.462 e. The van der Waals surface area contributed by atoms with Crippen molar-refractivity contribution in [2.24, 2.45) is 0 Å². The molecule has 1 N–H and O–H groups in total. The van der Waals surface area contributed by atoms with Crippen LogP contribution >= 0.6 is 11.6 Å². The lowest BCUT2D eigenvalue weighted by molar-refractivity contribution is -0.137. The molecular formula is C28H31ClF4N8O2. The minimum atomic E-state index is -4.71. The molecule has 0 unspecified atom stereocenters. The van der Waals surface area contributed by atoms with E-state index in [2.05, 4.69) is 31.2 Å². The number of halogens is 5. The number of fused-ring (bicyclic) bond motifs is 1. The maximum absolute atomic E-state index is 15.5. The molecule has 0 bridgehead atoms. The fraction of sp³-hybridized carbons (Fsp3) is 0.536. The number of nitriles is 1. The molecule has 3 aliphatic heterocycles. The lowest BCUT2D eigenvalue weighted by atomic mass is 10.0. The Hall–Kier alpha value is -3.54. The summed E-state index contributed by atoms with van der Waals surface area (Å²) in [6, 6.07) is 1.87. The quantitative estimate of drug-likeness (QED) is 0.366. The van der Waals surface area contributed by atoms with Crippen LogP contribution in [0.2, 0.25) is 5.02 Å². The predicted octanol–water partition coefficient (Wildman–Crippen LogP) is 3.60. The van der Waals surface area contributed by atoms with E-state index in [9.17, 15) is 18.0 Å². The molecule has 1 amide bonds. The summed E-state index contributed by atoms with van der Waals surface area (Å²) in [4.78, 5) is 30.8. The Kier molecular flexibility index (Phi) is 9.33. The van der Waals surface area contributed by atoms with Crippen LogP contribution in [0.5, 0.6) is 6.01 Å². The molecule has 0 saturated carbocycles. The number of alkyl halides is 3. The monoisotopic (exact) mass is 622 g/mol. The van der Waals surface area contributed by atoms with Crippen molar-refractivity contribution in [3.05, 3.63) is 45.8 Å². The molecule has 43 heavy (non-hydrogen) atoms. The molecule has 0 radical (unpaired) electrons. The molecule has 2 aromatic heterocycles. The van der Waals surface area contributed by atoms with Crippen molar-refractivity contribution in [2.75, 3.05) is 51.3 Å². The third-order valence-electron chi connectivity index (χ3n) is 8.00. The van der Waals surface area contributed by atoms with E-state index in [0.717, 1.165) is 37.9 Å². The Morgan fingerprint density at radius 1 is 1.28 bits per heavy atom. The molecule has 0 spiro atoms. The molecule has 5 rings (SSSR count). The minimum absolute atomic E-state index is 0.0519. The molecule has 2 saturated heterocycles. The molecule has 0 aromatic carbocycles. The number of likely N-dealkylation sites (N-methyl/N-ethyl adjacent to an activating group) is 1. The van der Waals surface area contributed by atoms with Crippen LogP contribution in [0, 0.1) is 11.3 Å². The third-order valence-corrected chi connectivity index (χ3v) is 8.29.